The molecule has 4 aromatic rings. The first-order chi connectivity index (χ1) is 12.6. The average molecular weight is 346 g/mol. The van der Waals surface area contributed by atoms with Crippen LogP contribution in [0.4, 0.5) is 5.82 Å². The van der Waals surface area contributed by atoms with E-state index < -0.39 is 0 Å². The van der Waals surface area contributed by atoms with Crippen molar-refractivity contribution in [1.82, 2.24) is 15.0 Å². The number of aromatic hydroxyl groups is 2. The Labute approximate surface area is 150 Å². The molecule has 0 radical (unpaired) electrons. The summed E-state index contributed by atoms with van der Waals surface area (Å²) in [6.45, 7) is 1.92. The Morgan fingerprint density at radius 3 is 2.58 bits per heavy atom. The quantitative estimate of drug-likeness (QED) is 0.526. The van der Waals surface area contributed by atoms with Gasteiger partial charge >= 0.3 is 0 Å². The molecule has 130 valence electrons. The molecule has 6 nitrogen and oxygen atoms in total. The van der Waals surface area contributed by atoms with Crippen molar-refractivity contribution < 1.29 is 10.2 Å². The number of nitrogen functional groups attached to an aromatic ring is 1. The maximum atomic E-state index is 10.2. The maximum absolute atomic E-state index is 10.2. The molecule has 0 aliphatic carbocycles. The molecule has 0 aliphatic heterocycles. The van der Waals surface area contributed by atoms with Crippen molar-refractivity contribution in [3.63, 3.8) is 0 Å². The molecule has 3 aromatic carbocycles. The minimum Gasteiger partial charge on any atom is -0.508 e. The molecule has 0 saturated carbocycles. The Morgan fingerprint density at radius 2 is 1.77 bits per heavy atom. The van der Waals surface area contributed by atoms with Crippen LogP contribution in [0.2, 0.25) is 0 Å². The molecule has 0 atom stereocenters. The standard InChI is InChI=1S/C20H18N4O2/c1-2-12-10-16(18(26)11-17(12)25)24-20(21)19(22-23-24)15-9-5-7-13-6-3-4-8-14(13)15/h3-11,25-26H,2,21H2,1H3. The predicted octanol–water partition coefficient (Wildman–Crippen LogP) is 3.64. The minimum absolute atomic E-state index is 0.0433. The predicted molar refractivity (Wildman–Crippen MR) is 101 cm³/mol. The number of hydrogen-bond donors (Lipinski definition) is 3. The first-order valence-electron chi connectivity index (χ1n) is 8.34. The van der Waals surface area contributed by atoms with E-state index in [0.29, 0.717) is 29.2 Å². The Hall–Kier alpha value is -3.54. The molecule has 4 rings (SSSR count). The monoisotopic (exact) mass is 346 g/mol. The van der Waals surface area contributed by atoms with E-state index in [9.17, 15) is 10.2 Å². The molecule has 0 saturated heterocycles. The van der Waals surface area contributed by atoms with E-state index in [1.54, 1.807) is 6.07 Å². The van der Waals surface area contributed by atoms with Crippen LogP contribution in [-0.2, 0) is 6.42 Å². The number of fused-ring (bicyclic) bond motifs is 1. The van der Waals surface area contributed by atoms with E-state index in [-0.39, 0.29) is 11.5 Å². The number of phenolic OH excluding ortho intramolecular Hbond substituents is 2. The van der Waals surface area contributed by atoms with Gasteiger partial charge in [-0.3, -0.25) is 0 Å². The van der Waals surface area contributed by atoms with E-state index in [4.69, 9.17) is 5.73 Å². The summed E-state index contributed by atoms with van der Waals surface area (Å²) in [6.07, 6.45) is 0.615. The van der Waals surface area contributed by atoms with Crippen molar-refractivity contribution in [2.24, 2.45) is 0 Å². The number of benzene rings is 3. The number of nitrogens with two attached hydrogens (primary N) is 1. The number of phenols is 2. The molecule has 0 bridgehead atoms. The number of rotatable bonds is 3. The van der Waals surface area contributed by atoms with Crippen molar-refractivity contribution in [3.05, 3.63) is 60.2 Å². The summed E-state index contributed by atoms with van der Waals surface area (Å²) < 4.78 is 1.39. The van der Waals surface area contributed by atoms with Crippen molar-refractivity contribution in [3.8, 4) is 28.4 Å². The number of hydrogen-bond acceptors (Lipinski definition) is 5. The third-order valence-electron chi connectivity index (χ3n) is 4.53. The molecule has 26 heavy (non-hydrogen) atoms. The first kappa shape index (κ1) is 16.0. The Balaban J connectivity index is 1.90. The van der Waals surface area contributed by atoms with Crippen molar-refractivity contribution in [2.45, 2.75) is 13.3 Å². The van der Waals surface area contributed by atoms with E-state index in [2.05, 4.69) is 10.3 Å². The highest BCUT2D eigenvalue weighted by atomic mass is 16.3. The van der Waals surface area contributed by atoms with Gasteiger partial charge in [0, 0.05) is 11.6 Å². The highest BCUT2D eigenvalue weighted by Gasteiger charge is 2.18. The van der Waals surface area contributed by atoms with Crippen molar-refractivity contribution >= 4 is 16.6 Å². The first-order valence-corrected chi connectivity index (χ1v) is 8.34. The highest BCUT2D eigenvalue weighted by molar-refractivity contribution is 5.97. The molecule has 0 unspecified atom stereocenters. The second-order valence-electron chi connectivity index (χ2n) is 6.08. The molecule has 1 heterocycles. The molecular formula is C20H18N4O2. The fourth-order valence-electron chi connectivity index (χ4n) is 3.15. The zero-order valence-corrected chi connectivity index (χ0v) is 14.2. The van der Waals surface area contributed by atoms with Gasteiger partial charge < -0.3 is 15.9 Å². The Morgan fingerprint density at radius 1 is 1.00 bits per heavy atom. The summed E-state index contributed by atoms with van der Waals surface area (Å²) in [4.78, 5) is 0. The Kier molecular flexibility index (Phi) is 3.73. The Bertz CT molecular complexity index is 1110. The van der Waals surface area contributed by atoms with Gasteiger partial charge in [-0.05, 0) is 28.8 Å². The average Bonchev–Trinajstić information content (AvgIpc) is 3.02. The zero-order chi connectivity index (χ0) is 18.3. The largest absolute Gasteiger partial charge is 0.508 e. The summed E-state index contributed by atoms with van der Waals surface area (Å²) in [7, 11) is 0. The summed E-state index contributed by atoms with van der Waals surface area (Å²) in [5, 5.41) is 30.6. The number of aryl methyl sites for hydroxylation is 1. The van der Waals surface area contributed by atoms with Crippen LogP contribution in [0.1, 0.15) is 12.5 Å². The SMILES string of the molecule is CCc1cc(-n2nnc(-c3cccc4ccccc34)c2N)c(O)cc1O. The second-order valence-corrected chi connectivity index (χ2v) is 6.08. The van der Waals surface area contributed by atoms with Crippen LogP contribution >= 0.6 is 0 Å². The fourth-order valence-corrected chi connectivity index (χ4v) is 3.15. The van der Waals surface area contributed by atoms with Crippen LogP contribution < -0.4 is 5.73 Å². The fraction of sp³-hybridized carbons (Fsp3) is 0.100. The second kappa shape index (κ2) is 6.07. The smallest absolute Gasteiger partial charge is 0.156 e. The topological polar surface area (TPSA) is 97.2 Å². The van der Waals surface area contributed by atoms with Crippen LogP contribution in [0, 0.1) is 0 Å². The van der Waals surface area contributed by atoms with Crippen LogP contribution in [0.5, 0.6) is 11.5 Å². The van der Waals surface area contributed by atoms with Crippen LogP contribution in [0.3, 0.4) is 0 Å². The van der Waals surface area contributed by atoms with Crippen molar-refractivity contribution in [1.29, 1.82) is 0 Å². The van der Waals surface area contributed by atoms with Gasteiger partial charge in [-0.15, -0.1) is 5.10 Å². The lowest BCUT2D eigenvalue weighted by molar-refractivity contribution is 0.443. The summed E-state index contributed by atoms with van der Waals surface area (Å²) in [6, 6.07) is 16.9. The van der Waals surface area contributed by atoms with Crippen LogP contribution in [-0.4, -0.2) is 25.2 Å². The minimum atomic E-state index is -0.110. The summed E-state index contributed by atoms with van der Waals surface area (Å²) >= 11 is 0. The normalized spacial score (nSPS) is 11.1. The molecule has 6 heteroatoms. The number of aromatic nitrogens is 3. The van der Waals surface area contributed by atoms with Gasteiger partial charge in [0.25, 0.3) is 0 Å². The van der Waals surface area contributed by atoms with Gasteiger partial charge in [0.2, 0.25) is 0 Å². The highest BCUT2D eigenvalue weighted by Crippen LogP contribution is 2.35. The van der Waals surface area contributed by atoms with Crippen LogP contribution in [0.15, 0.2) is 54.6 Å². The maximum Gasteiger partial charge on any atom is 0.156 e. The lowest BCUT2D eigenvalue weighted by atomic mass is 10.0. The molecular weight excluding hydrogens is 328 g/mol. The number of nitrogens with zero attached hydrogens (tertiary/aromatic N) is 3. The third kappa shape index (κ3) is 2.43. The van der Waals surface area contributed by atoms with Gasteiger partial charge in [-0.2, -0.15) is 4.68 Å². The zero-order valence-electron chi connectivity index (χ0n) is 14.2. The third-order valence-corrected chi connectivity index (χ3v) is 4.53. The summed E-state index contributed by atoms with van der Waals surface area (Å²) in [5.41, 5.74) is 8.82. The van der Waals surface area contributed by atoms with E-state index in [0.717, 1.165) is 16.3 Å². The van der Waals surface area contributed by atoms with Crippen molar-refractivity contribution in [2.75, 3.05) is 5.73 Å². The molecule has 0 fully saturated rings. The van der Waals surface area contributed by atoms with Gasteiger partial charge in [0.05, 0.1) is 0 Å². The molecule has 4 N–H and O–H groups in total. The molecule has 0 spiro atoms. The van der Waals surface area contributed by atoms with Gasteiger partial charge in [-0.1, -0.05) is 54.6 Å². The molecule has 0 amide bonds. The van der Waals surface area contributed by atoms with E-state index in [1.807, 2.05) is 49.4 Å². The van der Waals surface area contributed by atoms with Gasteiger partial charge in [0.15, 0.2) is 5.82 Å². The lowest BCUT2D eigenvalue weighted by Gasteiger charge is -2.10. The van der Waals surface area contributed by atoms with Gasteiger partial charge in [-0.25, -0.2) is 0 Å². The van der Waals surface area contributed by atoms with Gasteiger partial charge in [0.1, 0.15) is 22.9 Å². The van der Waals surface area contributed by atoms with E-state index in [1.165, 1.54) is 10.7 Å². The number of anilines is 1. The molecule has 1 aromatic heterocycles. The lowest BCUT2D eigenvalue weighted by Crippen LogP contribution is -2.03. The molecule has 0 aliphatic rings. The van der Waals surface area contributed by atoms with E-state index >= 15 is 0 Å². The van der Waals surface area contributed by atoms with Crippen LogP contribution in [0.25, 0.3) is 27.7 Å². The summed E-state index contributed by atoms with van der Waals surface area (Å²) in [5.74, 6) is 0.256.